The summed E-state index contributed by atoms with van der Waals surface area (Å²) in [6.45, 7) is 0.424. The molecule has 5 aromatic rings. The Morgan fingerprint density at radius 1 is 0.840 bits per heavy atom. The van der Waals surface area contributed by atoms with Crippen LogP contribution in [0.4, 0.5) is 0 Å². The lowest BCUT2D eigenvalue weighted by atomic mass is 9.97. The van der Waals surface area contributed by atoms with E-state index >= 15 is 0 Å². The monoisotopic (exact) mass is 710 g/mol. The Morgan fingerprint density at radius 2 is 1.56 bits per heavy atom. The van der Waals surface area contributed by atoms with Crippen LogP contribution in [0.15, 0.2) is 101 Å². The Bertz CT molecular complexity index is 1830. The number of hydrogen-bond donors (Lipinski definition) is 3. The van der Waals surface area contributed by atoms with E-state index in [1.54, 1.807) is 23.1 Å². The van der Waals surface area contributed by atoms with Crippen LogP contribution >= 0.6 is 23.1 Å². The molecule has 0 spiro atoms. The third kappa shape index (κ3) is 9.80. The molecule has 50 heavy (non-hydrogen) atoms. The van der Waals surface area contributed by atoms with Crippen LogP contribution in [0.3, 0.4) is 0 Å². The van der Waals surface area contributed by atoms with Crippen LogP contribution in [0.5, 0.6) is 0 Å². The molecule has 1 amide bonds. The Hall–Kier alpha value is -4.06. The van der Waals surface area contributed by atoms with Gasteiger partial charge in [-0.15, -0.1) is 11.3 Å². The fraction of sp³-hybridized carbons (Fsp3) is 0.325. The van der Waals surface area contributed by atoms with Crippen molar-refractivity contribution in [2.75, 3.05) is 5.75 Å². The Labute approximate surface area is 300 Å². The first kappa shape index (κ1) is 35.8. The molecule has 10 heteroatoms. The van der Waals surface area contributed by atoms with Crippen LogP contribution in [-0.4, -0.2) is 38.9 Å². The van der Waals surface area contributed by atoms with Crippen molar-refractivity contribution in [3.8, 4) is 11.1 Å². The predicted molar refractivity (Wildman–Crippen MR) is 198 cm³/mol. The molecule has 0 aliphatic carbocycles. The van der Waals surface area contributed by atoms with Gasteiger partial charge in [0.25, 0.3) is 0 Å². The number of ether oxygens (including phenoxy) is 2. The number of nitrogens with one attached hydrogen (secondary N) is 1. The zero-order valence-corrected chi connectivity index (χ0v) is 29.5. The van der Waals surface area contributed by atoms with Crippen molar-refractivity contribution in [2.45, 2.75) is 80.9 Å². The third-order valence-electron chi connectivity index (χ3n) is 8.81. The number of nitrogens with zero attached hydrogens (tertiary/aromatic N) is 1. The number of thioether (sulfide) groups is 1. The molecule has 0 radical (unpaired) electrons. The molecular formula is C40H42N2O6S2. The minimum Gasteiger partial charge on any atom is -0.481 e. The molecule has 1 fully saturated rings. The number of aliphatic hydroxyl groups is 1. The van der Waals surface area contributed by atoms with Gasteiger partial charge in [0, 0.05) is 37.1 Å². The molecule has 4 aromatic carbocycles. The van der Waals surface area contributed by atoms with Crippen LogP contribution < -0.4 is 5.32 Å². The second-order valence-electron chi connectivity index (χ2n) is 12.5. The van der Waals surface area contributed by atoms with E-state index in [4.69, 9.17) is 19.6 Å². The van der Waals surface area contributed by atoms with Crippen molar-refractivity contribution in [1.82, 2.24) is 10.3 Å². The molecule has 1 aliphatic heterocycles. The second-order valence-corrected chi connectivity index (χ2v) is 14.8. The lowest BCUT2D eigenvalue weighted by molar-refractivity contribution is -0.245. The summed E-state index contributed by atoms with van der Waals surface area (Å²) in [6, 6.07) is 32.4. The molecule has 3 N–H and O–H groups in total. The van der Waals surface area contributed by atoms with Crippen LogP contribution in [0.25, 0.3) is 21.3 Å². The third-order valence-corrected chi connectivity index (χ3v) is 11.1. The maximum Gasteiger partial charge on any atom is 0.303 e. The first-order valence-corrected chi connectivity index (χ1v) is 18.9. The summed E-state index contributed by atoms with van der Waals surface area (Å²) in [5, 5.41) is 21.4. The first-order chi connectivity index (χ1) is 24.4. The molecule has 0 bridgehead atoms. The van der Waals surface area contributed by atoms with E-state index in [-0.39, 0.29) is 31.1 Å². The highest BCUT2D eigenvalue weighted by molar-refractivity contribution is 8.01. The highest BCUT2D eigenvalue weighted by Gasteiger charge is 2.32. The number of carbonyl (C=O) groups is 2. The van der Waals surface area contributed by atoms with Gasteiger partial charge in [-0.05, 0) is 52.8 Å². The van der Waals surface area contributed by atoms with Gasteiger partial charge in [-0.3, -0.25) is 9.59 Å². The molecular weight excluding hydrogens is 669 g/mol. The number of carboxylic acids is 1. The summed E-state index contributed by atoms with van der Waals surface area (Å²) >= 11 is 3.41. The van der Waals surface area contributed by atoms with Crippen LogP contribution in [0.2, 0.25) is 0 Å². The van der Waals surface area contributed by atoms with E-state index in [9.17, 15) is 14.7 Å². The lowest BCUT2D eigenvalue weighted by Crippen LogP contribution is -2.31. The van der Waals surface area contributed by atoms with Gasteiger partial charge in [-0.1, -0.05) is 110 Å². The van der Waals surface area contributed by atoms with Crippen LogP contribution in [0, 0.1) is 0 Å². The Kier molecular flexibility index (Phi) is 12.7. The zero-order valence-electron chi connectivity index (χ0n) is 27.8. The summed E-state index contributed by atoms with van der Waals surface area (Å²) in [5.41, 5.74) is 6.96. The molecule has 1 saturated heterocycles. The Morgan fingerprint density at radius 3 is 2.32 bits per heavy atom. The van der Waals surface area contributed by atoms with Gasteiger partial charge < -0.3 is 25.0 Å². The number of carbonyl (C=O) groups excluding carboxylic acids is 1. The summed E-state index contributed by atoms with van der Waals surface area (Å²) in [7, 11) is 0. The summed E-state index contributed by atoms with van der Waals surface area (Å²) < 4.78 is 15.4. The van der Waals surface area contributed by atoms with Crippen molar-refractivity contribution in [1.29, 1.82) is 0 Å². The van der Waals surface area contributed by atoms with E-state index in [1.807, 2.05) is 60.7 Å². The number of benzene rings is 4. The maximum absolute atomic E-state index is 12.5. The summed E-state index contributed by atoms with van der Waals surface area (Å²) in [6.07, 6.45) is 3.57. The maximum atomic E-state index is 12.5. The molecule has 8 nitrogen and oxygen atoms in total. The number of hydrogen-bond acceptors (Lipinski definition) is 8. The number of fused-ring (bicyclic) bond motifs is 1. The molecule has 6 rings (SSSR count). The van der Waals surface area contributed by atoms with Crippen molar-refractivity contribution in [3.63, 3.8) is 0 Å². The van der Waals surface area contributed by atoms with Gasteiger partial charge in [0.2, 0.25) is 5.91 Å². The van der Waals surface area contributed by atoms with Gasteiger partial charge >= 0.3 is 5.97 Å². The van der Waals surface area contributed by atoms with Gasteiger partial charge in [0.15, 0.2) is 10.6 Å². The number of aliphatic hydroxyl groups excluding tert-OH is 1. The number of para-hydroxylation sites is 1. The topological polar surface area (TPSA) is 118 Å². The average Bonchev–Trinajstić information content (AvgIpc) is 3.58. The smallest absolute Gasteiger partial charge is 0.303 e. The largest absolute Gasteiger partial charge is 0.481 e. The van der Waals surface area contributed by atoms with Crippen molar-refractivity contribution in [2.24, 2.45) is 0 Å². The van der Waals surface area contributed by atoms with E-state index in [1.165, 1.54) is 4.70 Å². The van der Waals surface area contributed by atoms with E-state index < -0.39 is 12.3 Å². The van der Waals surface area contributed by atoms with Crippen molar-refractivity contribution < 1.29 is 29.3 Å². The molecule has 1 aliphatic rings. The SMILES string of the molecule is O=C(O)CCCCCCC(=O)NCc1ccccc1-c1ccc([C@@H]2O[C@H](CSc3nc4ccccc4s3)C[C@H](c3ccc(CO)cc3)O2)cc1. The molecule has 0 unspecified atom stereocenters. The Balaban J connectivity index is 1.11. The lowest BCUT2D eigenvalue weighted by Gasteiger charge is -2.36. The number of rotatable bonds is 16. The predicted octanol–water partition coefficient (Wildman–Crippen LogP) is 8.83. The molecule has 0 saturated carbocycles. The van der Waals surface area contributed by atoms with Crippen molar-refractivity contribution >= 4 is 45.2 Å². The minimum absolute atomic E-state index is 0.00159. The molecule has 3 atom stereocenters. The summed E-state index contributed by atoms with van der Waals surface area (Å²) in [4.78, 5) is 28.0. The molecule has 260 valence electrons. The van der Waals surface area contributed by atoms with Gasteiger partial charge in [-0.2, -0.15) is 0 Å². The van der Waals surface area contributed by atoms with Crippen LogP contribution in [-0.2, 0) is 32.2 Å². The number of aliphatic carboxylic acids is 1. The first-order valence-electron chi connectivity index (χ1n) is 17.1. The summed E-state index contributed by atoms with van der Waals surface area (Å²) in [5.74, 6) is -0.0363. The number of thiazole rings is 1. The fourth-order valence-corrected chi connectivity index (χ4v) is 8.19. The normalized spacial score (nSPS) is 17.5. The number of unbranched alkanes of at least 4 members (excludes halogenated alkanes) is 3. The number of amides is 1. The molecule has 2 heterocycles. The van der Waals surface area contributed by atoms with E-state index in [0.717, 1.165) is 68.3 Å². The minimum atomic E-state index is -0.776. The average molecular weight is 711 g/mol. The van der Waals surface area contributed by atoms with E-state index in [2.05, 4.69) is 41.7 Å². The van der Waals surface area contributed by atoms with Gasteiger partial charge in [0.1, 0.15) is 0 Å². The highest BCUT2D eigenvalue weighted by atomic mass is 32.2. The second kappa shape index (κ2) is 17.7. The quantitative estimate of drug-likeness (QED) is 0.0687. The number of carboxylic acid groups (broad SMARTS) is 1. The standard InChI is InChI=1S/C40H42N2O6S2/c43-25-27-15-17-29(18-16-27)35-23-32(26-49-40-42-34-11-7-8-12-36(34)50-40)47-39(48-35)30-21-19-28(20-22-30)33-10-6-5-9-31(33)24-41-37(44)13-3-1-2-4-14-38(45)46/h5-12,15-22,32,35,39,43H,1-4,13-14,23-26H2,(H,41,44)(H,45,46)/t32-,35+,39+/m0/s1. The highest BCUT2D eigenvalue weighted by Crippen LogP contribution is 2.40. The number of aromatic nitrogens is 1. The zero-order chi connectivity index (χ0) is 34.7. The van der Waals surface area contributed by atoms with Gasteiger partial charge in [-0.25, -0.2) is 4.98 Å². The fourth-order valence-electron chi connectivity index (χ4n) is 6.07. The van der Waals surface area contributed by atoms with Crippen molar-refractivity contribution in [3.05, 3.63) is 119 Å². The van der Waals surface area contributed by atoms with Gasteiger partial charge in [0.05, 0.1) is 29.0 Å². The van der Waals surface area contributed by atoms with E-state index in [0.29, 0.717) is 25.8 Å². The van der Waals surface area contributed by atoms with Crippen LogP contribution in [0.1, 0.15) is 79.6 Å². The molecule has 1 aromatic heterocycles.